The standard InChI is InChI=1S/C56H66FN9O6/c1-3-36-6-4-7-37-25-40(67)26-42(46(36)37)48-47(57)49-43(29-58-48)50(65-17-5-12-54(2,71)32-65)61-53(60-49)72-34-56(13-14-56)33-63-18-15-55(16-19-63)27-35(28-55)30-62-20-22-64(23-21-62)39-8-9-41-38(24-39)31-66(52(41)70)44-10-11-45(68)59-51(44)69/h4,6-9,24-26,29,35,44,67,71H,3,5,10-23,27-28,30-34H2,1-2H3,(H,59,68,69)/t44-,54+/m0/s1. The summed E-state index contributed by atoms with van der Waals surface area (Å²) in [4.78, 5) is 63.1. The highest BCUT2D eigenvalue weighted by atomic mass is 19.1. The number of pyridine rings is 1. The Morgan fingerprint density at radius 2 is 1.69 bits per heavy atom. The van der Waals surface area contributed by atoms with Gasteiger partial charge in [0.2, 0.25) is 11.8 Å². The number of piperazine rings is 1. The normalized spacial score (nSPS) is 24.5. The fourth-order valence-electron chi connectivity index (χ4n) is 13.3. The van der Waals surface area contributed by atoms with Crippen LogP contribution in [0, 0.1) is 22.6 Å². The maximum Gasteiger partial charge on any atom is 0.319 e. The van der Waals surface area contributed by atoms with Gasteiger partial charge in [-0.2, -0.15) is 9.97 Å². The number of amides is 3. The van der Waals surface area contributed by atoms with Crippen molar-refractivity contribution >= 4 is 50.9 Å². The van der Waals surface area contributed by atoms with Gasteiger partial charge in [0.15, 0.2) is 5.82 Å². The van der Waals surface area contributed by atoms with E-state index in [-0.39, 0.29) is 52.5 Å². The Morgan fingerprint density at radius 3 is 2.44 bits per heavy atom. The number of aliphatic hydroxyl groups is 1. The number of aromatic nitrogens is 3. The molecule has 5 aromatic rings. The number of β-amino-alcohol motifs (C(OH)–C–C–N with tert-alkyl or cyclic N) is 1. The van der Waals surface area contributed by atoms with Crippen molar-refractivity contribution in [3.63, 3.8) is 0 Å². The van der Waals surface area contributed by atoms with E-state index in [1.807, 2.05) is 42.2 Å². The number of piperidine rings is 3. The number of aryl methyl sites for hydroxylation is 1. The molecule has 72 heavy (non-hydrogen) atoms. The van der Waals surface area contributed by atoms with Gasteiger partial charge in [-0.15, -0.1) is 0 Å². The first-order chi connectivity index (χ1) is 34.7. The van der Waals surface area contributed by atoms with Crippen LogP contribution in [0.5, 0.6) is 11.8 Å². The molecule has 2 aromatic heterocycles. The van der Waals surface area contributed by atoms with Gasteiger partial charge < -0.3 is 34.5 Å². The minimum Gasteiger partial charge on any atom is -0.508 e. The van der Waals surface area contributed by atoms with Gasteiger partial charge in [0.1, 0.15) is 28.8 Å². The lowest BCUT2D eigenvalue weighted by molar-refractivity contribution is -0.136. The molecular formula is C56H66FN9O6. The molecular weight excluding hydrogens is 914 g/mol. The molecule has 7 heterocycles. The van der Waals surface area contributed by atoms with E-state index in [1.165, 1.54) is 25.7 Å². The molecule has 3 aromatic carbocycles. The molecule has 7 aliphatic rings. The van der Waals surface area contributed by atoms with Gasteiger partial charge in [-0.05, 0) is 148 Å². The van der Waals surface area contributed by atoms with Gasteiger partial charge in [0, 0.05) is 93.7 Å². The molecule has 1 spiro atoms. The smallest absolute Gasteiger partial charge is 0.319 e. The second-order valence-corrected chi connectivity index (χ2v) is 22.8. The van der Waals surface area contributed by atoms with Crippen molar-refractivity contribution in [2.45, 2.75) is 103 Å². The highest BCUT2D eigenvalue weighted by Crippen LogP contribution is 2.54. The highest BCUT2D eigenvalue weighted by molar-refractivity contribution is 6.06. The zero-order valence-corrected chi connectivity index (χ0v) is 41.6. The zero-order chi connectivity index (χ0) is 49.5. The first-order valence-corrected chi connectivity index (χ1v) is 26.4. The number of carbonyl (C=O) groups is 3. The third kappa shape index (κ3) is 8.90. The number of benzene rings is 3. The number of halogens is 1. The number of ether oxygens (including phenoxy) is 1. The summed E-state index contributed by atoms with van der Waals surface area (Å²) in [5, 5.41) is 26.4. The van der Waals surface area contributed by atoms with Crippen LogP contribution in [-0.4, -0.2) is 141 Å². The predicted molar refractivity (Wildman–Crippen MR) is 272 cm³/mol. The van der Waals surface area contributed by atoms with Crippen LogP contribution in [0.2, 0.25) is 0 Å². The summed E-state index contributed by atoms with van der Waals surface area (Å²) in [5.41, 5.74) is 3.99. The molecule has 16 heteroatoms. The lowest BCUT2D eigenvalue weighted by atomic mass is 9.57. The summed E-state index contributed by atoms with van der Waals surface area (Å²) in [7, 11) is 0. The quantitative estimate of drug-likeness (QED) is 0.111. The van der Waals surface area contributed by atoms with Gasteiger partial charge in [-0.1, -0.05) is 25.1 Å². The minimum atomic E-state index is -0.924. The summed E-state index contributed by atoms with van der Waals surface area (Å²) in [6.45, 7) is 13.9. The molecule has 0 radical (unpaired) electrons. The van der Waals surface area contributed by atoms with E-state index in [9.17, 15) is 24.6 Å². The van der Waals surface area contributed by atoms with Crippen LogP contribution < -0.4 is 19.9 Å². The number of carbonyl (C=O) groups excluding carboxylic acids is 3. The molecule has 12 rings (SSSR count). The molecule has 2 aliphatic carbocycles. The maximum atomic E-state index is 17.2. The van der Waals surface area contributed by atoms with Crippen molar-refractivity contribution in [2.75, 3.05) is 81.9 Å². The number of nitrogens with one attached hydrogen (secondary N) is 1. The Labute approximate surface area is 419 Å². The number of likely N-dealkylation sites (tertiary alicyclic amines) is 1. The van der Waals surface area contributed by atoms with E-state index < -0.39 is 17.5 Å². The number of hydrogen-bond donors (Lipinski definition) is 3. The number of phenols is 1. The SMILES string of the molecule is CCc1cccc2cc(O)cc(-c3ncc4c(N5CCC[C@@](C)(O)C5)nc(OCC5(CN6CCC7(CC6)CC(CN6CCN(c8ccc9c(c8)CN([C@H]8CCC(=O)NC8=O)C9=O)CC6)C7)CC5)nc4c3F)c12. The number of phenolic OH excluding ortho intramolecular Hbond substituents is 1. The number of nitrogens with zero attached hydrogens (tertiary/aromatic N) is 8. The summed E-state index contributed by atoms with van der Waals surface area (Å²) in [6, 6.07) is 14.8. The molecule has 5 aliphatic heterocycles. The lowest BCUT2D eigenvalue weighted by Gasteiger charge is -2.54. The van der Waals surface area contributed by atoms with Crippen LogP contribution >= 0.6 is 0 Å². The van der Waals surface area contributed by atoms with Crippen molar-refractivity contribution in [1.29, 1.82) is 0 Å². The van der Waals surface area contributed by atoms with Crippen LogP contribution in [0.3, 0.4) is 0 Å². The summed E-state index contributed by atoms with van der Waals surface area (Å²) in [6.07, 6.45) is 11.5. The Hall–Kier alpha value is -5.97. The second kappa shape index (κ2) is 18.2. The monoisotopic (exact) mass is 980 g/mol. The number of anilines is 2. The third-order valence-electron chi connectivity index (χ3n) is 17.4. The van der Waals surface area contributed by atoms with E-state index in [4.69, 9.17) is 14.7 Å². The van der Waals surface area contributed by atoms with Crippen LogP contribution in [0.4, 0.5) is 15.9 Å². The van der Waals surface area contributed by atoms with Gasteiger partial charge in [-0.3, -0.25) is 29.6 Å². The molecule has 0 unspecified atom stereocenters. The van der Waals surface area contributed by atoms with Crippen molar-refractivity contribution in [2.24, 2.45) is 16.7 Å². The number of rotatable bonds is 12. The van der Waals surface area contributed by atoms with Crippen molar-refractivity contribution in [1.82, 2.24) is 35.0 Å². The number of aromatic hydroxyl groups is 1. The van der Waals surface area contributed by atoms with Crippen LogP contribution in [-0.2, 0) is 22.6 Å². The first kappa shape index (κ1) is 47.1. The lowest BCUT2D eigenvalue weighted by Crippen LogP contribution is -2.53. The van der Waals surface area contributed by atoms with Gasteiger partial charge >= 0.3 is 6.01 Å². The Bertz CT molecular complexity index is 2970. The second-order valence-electron chi connectivity index (χ2n) is 22.8. The molecule has 3 amide bonds. The van der Waals surface area contributed by atoms with Gasteiger partial charge in [-0.25, -0.2) is 4.39 Å². The molecule has 3 N–H and O–H groups in total. The van der Waals surface area contributed by atoms with Crippen LogP contribution in [0.1, 0.15) is 99.5 Å². The zero-order valence-electron chi connectivity index (χ0n) is 41.6. The van der Waals surface area contributed by atoms with Gasteiger partial charge in [0.05, 0.1) is 17.6 Å². The molecule has 2 atom stereocenters. The van der Waals surface area contributed by atoms with Crippen molar-refractivity contribution in [3.05, 3.63) is 77.2 Å². The van der Waals surface area contributed by atoms with E-state index >= 15 is 4.39 Å². The topological polar surface area (TPSA) is 168 Å². The Morgan fingerprint density at radius 1 is 0.889 bits per heavy atom. The molecule has 0 bridgehead atoms. The summed E-state index contributed by atoms with van der Waals surface area (Å²) in [5.74, 6) is -0.122. The highest BCUT2D eigenvalue weighted by Gasteiger charge is 2.50. The van der Waals surface area contributed by atoms with Crippen molar-refractivity contribution < 1.29 is 33.7 Å². The Kier molecular flexibility index (Phi) is 11.9. The molecule has 378 valence electrons. The fourth-order valence-corrected chi connectivity index (χ4v) is 13.3. The largest absolute Gasteiger partial charge is 0.508 e. The first-order valence-electron chi connectivity index (χ1n) is 26.4. The van der Waals surface area contributed by atoms with E-state index in [0.29, 0.717) is 66.8 Å². The number of fused-ring (bicyclic) bond motifs is 3. The van der Waals surface area contributed by atoms with Crippen molar-refractivity contribution in [3.8, 4) is 23.0 Å². The molecule has 15 nitrogen and oxygen atoms in total. The minimum absolute atomic E-state index is 0.00554. The third-order valence-corrected chi connectivity index (χ3v) is 17.4. The average molecular weight is 980 g/mol. The van der Waals surface area contributed by atoms with E-state index in [1.54, 1.807) is 23.2 Å². The number of hydrogen-bond acceptors (Lipinski definition) is 13. The average Bonchev–Trinajstić information content (AvgIpc) is 4.05. The maximum absolute atomic E-state index is 17.2. The van der Waals surface area contributed by atoms with Crippen LogP contribution in [0.25, 0.3) is 32.9 Å². The van der Waals surface area contributed by atoms with E-state index in [2.05, 4.69) is 38.0 Å². The van der Waals surface area contributed by atoms with E-state index in [0.717, 1.165) is 112 Å². The molecule has 6 fully saturated rings. The molecule has 2 saturated carbocycles. The van der Waals surface area contributed by atoms with Crippen LogP contribution in [0.15, 0.2) is 54.7 Å². The summed E-state index contributed by atoms with van der Waals surface area (Å²) >= 11 is 0. The van der Waals surface area contributed by atoms with Gasteiger partial charge in [0.25, 0.3) is 5.91 Å². The number of imide groups is 1. The fraction of sp³-hybridized carbons (Fsp3) is 0.536. The predicted octanol–water partition coefficient (Wildman–Crippen LogP) is 6.84. The molecule has 4 saturated heterocycles. The Balaban J connectivity index is 0.655. The summed E-state index contributed by atoms with van der Waals surface area (Å²) < 4.78 is 23.7.